The molecule has 1 aliphatic heterocycles. The summed E-state index contributed by atoms with van der Waals surface area (Å²) in [5.74, 6) is 0.900. The van der Waals surface area contributed by atoms with E-state index in [0.717, 1.165) is 23.4 Å². The summed E-state index contributed by atoms with van der Waals surface area (Å²) in [7, 11) is 0. The molecule has 1 amide bonds. The van der Waals surface area contributed by atoms with Gasteiger partial charge in [0.05, 0.1) is 0 Å². The molecule has 7 heteroatoms. The van der Waals surface area contributed by atoms with Crippen molar-refractivity contribution in [1.82, 2.24) is 5.32 Å². The normalized spacial score (nSPS) is 16.0. The molecule has 0 saturated carbocycles. The number of aryl methyl sites for hydroxylation is 1. The molecular formula is C27H28ClN3O2S. The summed E-state index contributed by atoms with van der Waals surface area (Å²) < 4.78 is 5.81. The van der Waals surface area contributed by atoms with Crippen molar-refractivity contribution in [2.24, 2.45) is 0 Å². The third-order valence-corrected chi connectivity index (χ3v) is 6.59. The van der Waals surface area contributed by atoms with Crippen LogP contribution in [0.5, 0.6) is 0 Å². The van der Waals surface area contributed by atoms with Gasteiger partial charge in [0.1, 0.15) is 11.5 Å². The molecule has 2 N–H and O–H groups in total. The van der Waals surface area contributed by atoms with E-state index in [9.17, 15) is 4.79 Å². The Balaban J connectivity index is 1.29. The molecule has 34 heavy (non-hydrogen) atoms. The fraction of sp³-hybridized carbons (Fsp3) is 0.259. The zero-order valence-corrected chi connectivity index (χ0v) is 20.9. The average molecular weight is 494 g/mol. The van der Waals surface area contributed by atoms with Crippen LogP contribution in [0.25, 0.3) is 17.4 Å². The van der Waals surface area contributed by atoms with Gasteiger partial charge in [0.25, 0.3) is 0 Å². The highest BCUT2D eigenvalue weighted by atomic mass is 35.5. The molecular weight excluding hydrogens is 466 g/mol. The minimum Gasteiger partial charge on any atom is -0.457 e. The number of thiocarbonyl (C=S) groups is 1. The largest absolute Gasteiger partial charge is 0.457 e. The van der Waals surface area contributed by atoms with Crippen molar-refractivity contribution in [3.63, 3.8) is 0 Å². The SMILES string of the molecule is Cc1ccc(-c2ccc(/C=C/C(=O)NC(=S)Nc3ccc(N4CCCCC4C)cc3)o2)cc1Cl. The van der Waals surface area contributed by atoms with Crippen molar-refractivity contribution >= 4 is 52.3 Å². The van der Waals surface area contributed by atoms with Gasteiger partial charge < -0.3 is 14.6 Å². The number of nitrogens with zero attached hydrogens (tertiary/aromatic N) is 1. The molecule has 4 rings (SSSR count). The quantitative estimate of drug-likeness (QED) is 0.302. The Hall–Kier alpha value is -3.09. The first-order valence-corrected chi connectivity index (χ1v) is 12.2. The lowest BCUT2D eigenvalue weighted by Crippen LogP contribution is -2.37. The first kappa shape index (κ1) is 24.0. The van der Waals surface area contributed by atoms with Crippen LogP contribution in [0.4, 0.5) is 11.4 Å². The number of carbonyl (C=O) groups excluding carboxylic acids is 1. The van der Waals surface area contributed by atoms with Crippen molar-refractivity contribution in [3.8, 4) is 11.3 Å². The van der Waals surface area contributed by atoms with Crippen molar-refractivity contribution in [1.29, 1.82) is 0 Å². The Morgan fingerprint density at radius 3 is 2.68 bits per heavy atom. The molecule has 5 nitrogen and oxygen atoms in total. The maximum Gasteiger partial charge on any atom is 0.250 e. The van der Waals surface area contributed by atoms with Crippen LogP contribution in [0.3, 0.4) is 0 Å². The summed E-state index contributed by atoms with van der Waals surface area (Å²) in [5, 5.41) is 6.64. The van der Waals surface area contributed by atoms with Gasteiger partial charge in [0, 0.05) is 40.6 Å². The van der Waals surface area contributed by atoms with E-state index in [0.29, 0.717) is 22.6 Å². The zero-order chi connectivity index (χ0) is 24.1. The van der Waals surface area contributed by atoms with Crippen molar-refractivity contribution in [2.75, 3.05) is 16.8 Å². The van der Waals surface area contributed by atoms with E-state index in [1.807, 2.05) is 43.3 Å². The summed E-state index contributed by atoms with van der Waals surface area (Å²) >= 11 is 11.5. The lowest BCUT2D eigenvalue weighted by Gasteiger charge is -2.35. The Kier molecular flexibility index (Phi) is 7.70. The fourth-order valence-corrected chi connectivity index (χ4v) is 4.43. The molecule has 2 heterocycles. The first-order valence-electron chi connectivity index (χ1n) is 11.4. The number of piperidine rings is 1. The van der Waals surface area contributed by atoms with Crippen LogP contribution in [0, 0.1) is 6.92 Å². The second-order valence-electron chi connectivity index (χ2n) is 8.53. The van der Waals surface area contributed by atoms with Gasteiger partial charge >= 0.3 is 0 Å². The zero-order valence-electron chi connectivity index (χ0n) is 19.3. The highest BCUT2D eigenvalue weighted by Gasteiger charge is 2.18. The monoisotopic (exact) mass is 493 g/mol. The molecule has 1 atom stereocenters. The number of carbonyl (C=O) groups is 1. The lowest BCUT2D eigenvalue weighted by atomic mass is 10.0. The summed E-state index contributed by atoms with van der Waals surface area (Å²) in [6, 6.07) is 18.1. The second kappa shape index (κ2) is 10.9. The Morgan fingerprint density at radius 1 is 1.15 bits per heavy atom. The van der Waals surface area contributed by atoms with Crippen LogP contribution < -0.4 is 15.5 Å². The number of halogens is 1. The van der Waals surface area contributed by atoms with Crippen molar-refractivity contribution in [3.05, 3.63) is 77.0 Å². The van der Waals surface area contributed by atoms with Crippen LogP contribution in [0.15, 0.2) is 65.1 Å². The Bertz CT molecular complexity index is 1200. The summed E-state index contributed by atoms with van der Waals surface area (Å²) in [5.41, 5.74) is 3.92. The molecule has 3 aromatic rings. The van der Waals surface area contributed by atoms with Gasteiger partial charge in [-0.3, -0.25) is 10.1 Å². The smallest absolute Gasteiger partial charge is 0.250 e. The second-order valence-corrected chi connectivity index (χ2v) is 9.34. The number of benzene rings is 2. The van der Waals surface area contributed by atoms with Gasteiger partial charge in [-0.15, -0.1) is 0 Å². The van der Waals surface area contributed by atoms with Crippen molar-refractivity contribution in [2.45, 2.75) is 39.2 Å². The number of rotatable bonds is 5. The number of amides is 1. The van der Waals surface area contributed by atoms with E-state index in [1.165, 1.54) is 31.0 Å². The molecule has 0 radical (unpaired) electrons. The van der Waals surface area contributed by atoms with Crippen LogP contribution in [0.1, 0.15) is 37.5 Å². The summed E-state index contributed by atoms with van der Waals surface area (Å²) in [6.45, 7) is 5.31. The number of hydrogen-bond acceptors (Lipinski definition) is 4. The molecule has 0 bridgehead atoms. The van der Waals surface area contributed by atoms with E-state index in [1.54, 1.807) is 12.1 Å². The number of furan rings is 1. The minimum absolute atomic E-state index is 0.239. The maximum atomic E-state index is 12.3. The third kappa shape index (κ3) is 6.07. The fourth-order valence-electron chi connectivity index (χ4n) is 4.04. The van der Waals surface area contributed by atoms with Gasteiger partial charge in [-0.05, 0) is 99.4 Å². The number of anilines is 2. The van der Waals surface area contributed by atoms with Gasteiger partial charge in [-0.2, -0.15) is 0 Å². The van der Waals surface area contributed by atoms with E-state index >= 15 is 0 Å². The predicted molar refractivity (Wildman–Crippen MR) is 144 cm³/mol. The lowest BCUT2D eigenvalue weighted by molar-refractivity contribution is -0.115. The molecule has 1 saturated heterocycles. The molecule has 176 valence electrons. The highest BCUT2D eigenvalue weighted by molar-refractivity contribution is 7.80. The van der Waals surface area contributed by atoms with Gasteiger partial charge in [-0.1, -0.05) is 23.7 Å². The van der Waals surface area contributed by atoms with E-state index in [2.05, 4.69) is 34.6 Å². The molecule has 1 unspecified atom stereocenters. The van der Waals surface area contributed by atoms with E-state index < -0.39 is 0 Å². The number of nitrogens with one attached hydrogen (secondary N) is 2. The topological polar surface area (TPSA) is 57.5 Å². The average Bonchev–Trinajstić information content (AvgIpc) is 3.29. The number of hydrogen-bond donors (Lipinski definition) is 2. The van der Waals surface area contributed by atoms with Gasteiger partial charge in [0.2, 0.25) is 5.91 Å². The molecule has 1 fully saturated rings. The Morgan fingerprint density at radius 2 is 1.94 bits per heavy atom. The predicted octanol–water partition coefficient (Wildman–Crippen LogP) is 6.81. The van der Waals surface area contributed by atoms with Gasteiger partial charge in [0.15, 0.2) is 5.11 Å². The summed E-state index contributed by atoms with van der Waals surface area (Å²) in [6.07, 6.45) is 6.74. The first-order chi connectivity index (χ1) is 16.4. The van der Waals surface area contributed by atoms with E-state index in [4.69, 9.17) is 28.2 Å². The Labute approximate surface area is 210 Å². The standard InChI is InChI=1S/C27H28ClN3O2S/c1-18-6-7-20(17-24(18)28)25-14-12-23(33-25)13-15-26(32)30-27(34)29-21-8-10-22(11-9-21)31-16-4-3-5-19(31)2/h6-15,17,19H,3-5,16H2,1-2H3,(H2,29,30,32,34)/b15-13+. The molecule has 0 spiro atoms. The van der Waals surface area contributed by atoms with Gasteiger partial charge in [-0.25, -0.2) is 0 Å². The molecule has 1 aromatic heterocycles. The van der Waals surface area contributed by atoms with Crippen LogP contribution >= 0.6 is 23.8 Å². The minimum atomic E-state index is -0.340. The highest BCUT2D eigenvalue weighted by Crippen LogP contribution is 2.28. The maximum absolute atomic E-state index is 12.3. The van der Waals surface area contributed by atoms with Crippen molar-refractivity contribution < 1.29 is 9.21 Å². The van der Waals surface area contributed by atoms with Crippen LogP contribution in [-0.4, -0.2) is 23.6 Å². The molecule has 1 aliphatic rings. The van der Waals surface area contributed by atoms with Crippen LogP contribution in [0.2, 0.25) is 5.02 Å². The van der Waals surface area contributed by atoms with Crippen LogP contribution in [-0.2, 0) is 4.79 Å². The van der Waals surface area contributed by atoms with E-state index in [-0.39, 0.29) is 11.0 Å². The molecule has 2 aromatic carbocycles. The molecule has 0 aliphatic carbocycles. The third-order valence-electron chi connectivity index (χ3n) is 5.98. The summed E-state index contributed by atoms with van der Waals surface area (Å²) in [4.78, 5) is 14.7.